The van der Waals surface area contributed by atoms with E-state index in [0.29, 0.717) is 19.4 Å². The number of aromatic nitrogens is 2. The van der Waals surface area contributed by atoms with Crippen LogP contribution in [-0.2, 0) is 11.3 Å². The van der Waals surface area contributed by atoms with E-state index >= 15 is 0 Å². The molecule has 6 nitrogen and oxygen atoms in total. The van der Waals surface area contributed by atoms with Crippen LogP contribution in [0.2, 0.25) is 0 Å². The third kappa shape index (κ3) is 4.51. The van der Waals surface area contributed by atoms with Gasteiger partial charge in [-0.15, -0.1) is 0 Å². The van der Waals surface area contributed by atoms with Gasteiger partial charge in [-0.05, 0) is 52.5 Å². The highest BCUT2D eigenvalue weighted by atomic mass is 16.6. The van der Waals surface area contributed by atoms with E-state index in [1.54, 1.807) is 0 Å². The van der Waals surface area contributed by atoms with Gasteiger partial charge < -0.3 is 15.2 Å². The van der Waals surface area contributed by atoms with E-state index in [2.05, 4.69) is 10.4 Å². The smallest absolute Gasteiger partial charge is 0.407 e. The van der Waals surface area contributed by atoms with Crippen molar-refractivity contribution in [1.82, 2.24) is 15.1 Å². The van der Waals surface area contributed by atoms with Crippen LogP contribution in [0.1, 0.15) is 46.5 Å². The van der Waals surface area contributed by atoms with Gasteiger partial charge in [-0.1, -0.05) is 18.2 Å². The predicted molar refractivity (Wildman–Crippen MR) is 96.3 cm³/mol. The number of benzene rings is 1. The van der Waals surface area contributed by atoms with Gasteiger partial charge in [0.25, 0.3) is 0 Å². The van der Waals surface area contributed by atoms with Gasteiger partial charge in [-0.2, -0.15) is 5.10 Å². The lowest BCUT2D eigenvalue weighted by molar-refractivity contribution is -0.0251. The molecular formula is C19H27N3O3. The Bertz CT molecular complexity index is 750. The molecule has 1 aliphatic carbocycles. The van der Waals surface area contributed by atoms with Crippen molar-refractivity contribution in [3.63, 3.8) is 0 Å². The second-order valence-corrected chi connectivity index (χ2v) is 8.02. The molecule has 2 atom stereocenters. The number of nitrogens with zero attached hydrogens (tertiary/aromatic N) is 2. The van der Waals surface area contributed by atoms with Gasteiger partial charge in [0.1, 0.15) is 5.60 Å². The molecule has 2 aromatic rings. The number of aliphatic hydroxyl groups is 1. The first-order valence-electron chi connectivity index (χ1n) is 8.87. The Morgan fingerprint density at radius 3 is 2.96 bits per heavy atom. The standard InChI is InChI=1S/C19H27N3O3/c1-18(2,3)25-17(23)21-15-8-6-10-19(24,11-15)13-22-16-9-5-4-7-14(16)12-20-22/h4-5,7,9,12,15,24H,6,8,10-11,13H2,1-3H3,(H,21,23)/t15-,19-/m1/s1. The molecule has 0 bridgehead atoms. The zero-order chi connectivity index (χ0) is 18.1. The number of para-hydroxylation sites is 1. The van der Waals surface area contributed by atoms with Crippen LogP contribution >= 0.6 is 0 Å². The van der Waals surface area contributed by atoms with Crippen molar-refractivity contribution in [2.45, 2.75) is 70.2 Å². The fourth-order valence-electron chi connectivity index (χ4n) is 3.51. The topological polar surface area (TPSA) is 76.4 Å². The minimum absolute atomic E-state index is 0.0876. The van der Waals surface area contributed by atoms with Crippen molar-refractivity contribution >= 4 is 17.0 Å². The lowest BCUT2D eigenvalue weighted by atomic mass is 9.81. The molecule has 1 amide bonds. The average molecular weight is 345 g/mol. The Hall–Kier alpha value is -2.08. The Kier molecular flexibility index (Phi) is 4.73. The van der Waals surface area contributed by atoms with Crippen molar-refractivity contribution < 1.29 is 14.6 Å². The number of carbonyl (C=O) groups excluding carboxylic acids is 1. The summed E-state index contributed by atoms with van der Waals surface area (Å²) in [5, 5.41) is 19.4. The van der Waals surface area contributed by atoms with Gasteiger partial charge >= 0.3 is 6.09 Å². The molecular weight excluding hydrogens is 318 g/mol. The number of hydrogen-bond acceptors (Lipinski definition) is 4. The summed E-state index contributed by atoms with van der Waals surface area (Å²) >= 11 is 0. The molecule has 1 heterocycles. The van der Waals surface area contributed by atoms with Crippen LogP contribution in [-0.4, -0.2) is 38.2 Å². The summed E-state index contributed by atoms with van der Waals surface area (Å²) in [6.45, 7) is 5.94. The summed E-state index contributed by atoms with van der Waals surface area (Å²) in [4.78, 5) is 12.0. The van der Waals surface area contributed by atoms with Crippen LogP contribution in [0.3, 0.4) is 0 Å². The number of alkyl carbamates (subject to hydrolysis) is 1. The van der Waals surface area contributed by atoms with Crippen molar-refractivity contribution in [3.8, 4) is 0 Å². The van der Waals surface area contributed by atoms with Crippen LogP contribution in [0.5, 0.6) is 0 Å². The first-order chi connectivity index (χ1) is 11.7. The number of fused-ring (bicyclic) bond motifs is 1. The molecule has 0 radical (unpaired) electrons. The third-order valence-corrected chi connectivity index (χ3v) is 4.54. The minimum Gasteiger partial charge on any atom is -0.444 e. The number of rotatable bonds is 3. The van der Waals surface area contributed by atoms with E-state index in [-0.39, 0.29) is 6.04 Å². The molecule has 1 saturated carbocycles. The van der Waals surface area contributed by atoms with Gasteiger partial charge in [0.15, 0.2) is 0 Å². The summed E-state index contributed by atoms with van der Waals surface area (Å²) < 4.78 is 7.18. The highest BCUT2D eigenvalue weighted by Gasteiger charge is 2.36. The van der Waals surface area contributed by atoms with Crippen LogP contribution in [0, 0.1) is 0 Å². The molecule has 0 unspecified atom stereocenters. The number of carbonyl (C=O) groups is 1. The lowest BCUT2D eigenvalue weighted by Gasteiger charge is -2.37. The number of hydrogen-bond donors (Lipinski definition) is 2. The van der Waals surface area contributed by atoms with Crippen LogP contribution < -0.4 is 5.32 Å². The number of ether oxygens (including phenoxy) is 1. The Morgan fingerprint density at radius 1 is 1.44 bits per heavy atom. The first-order valence-corrected chi connectivity index (χ1v) is 8.87. The van der Waals surface area contributed by atoms with E-state index in [4.69, 9.17) is 4.74 Å². The van der Waals surface area contributed by atoms with E-state index in [1.807, 2.05) is 55.9 Å². The summed E-state index contributed by atoms with van der Waals surface area (Å²) in [6.07, 6.45) is 4.30. The van der Waals surface area contributed by atoms with E-state index in [0.717, 1.165) is 23.7 Å². The van der Waals surface area contributed by atoms with Gasteiger partial charge in [-0.3, -0.25) is 4.68 Å². The Morgan fingerprint density at radius 2 is 2.20 bits per heavy atom. The molecule has 1 aromatic heterocycles. The van der Waals surface area contributed by atoms with Crippen molar-refractivity contribution in [3.05, 3.63) is 30.5 Å². The van der Waals surface area contributed by atoms with Crippen molar-refractivity contribution in [1.29, 1.82) is 0 Å². The Labute approximate surface area is 148 Å². The molecule has 0 aliphatic heterocycles. The molecule has 2 N–H and O–H groups in total. The monoisotopic (exact) mass is 345 g/mol. The first kappa shape index (κ1) is 17.7. The highest BCUT2D eigenvalue weighted by molar-refractivity contribution is 5.78. The van der Waals surface area contributed by atoms with Crippen LogP contribution in [0.25, 0.3) is 10.9 Å². The summed E-state index contributed by atoms with van der Waals surface area (Å²) in [6, 6.07) is 7.88. The normalized spacial score (nSPS) is 24.2. The van der Waals surface area contributed by atoms with E-state index in [9.17, 15) is 9.90 Å². The fraction of sp³-hybridized carbons (Fsp3) is 0.579. The summed E-state index contributed by atoms with van der Waals surface area (Å²) in [7, 11) is 0. The molecule has 136 valence electrons. The molecule has 1 aromatic carbocycles. The molecule has 0 saturated heterocycles. The van der Waals surface area contributed by atoms with Gasteiger partial charge in [0.2, 0.25) is 0 Å². The van der Waals surface area contributed by atoms with Gasteiger partial charge in [0.05, 0.1) is 23.9 Å². The zero-order valence-electron chi connectivity index (χ0n) is 15.2. The van der Waals surface area contributed by atoms with Crippen LogP contribution in [0.15, 0.2) is 30.5 Å². The highest BCUT2D eigenvalue weighted by Crippen LogP contribution is 2.31. The van der Waals surface area contributed by atoms with E-state index in [1.165, 1.54) is 0 Å². The average Bonchev–Trinajstić information content (AvgIpc) is 2.88. The number of nitrogens with one attached hydrogen (secondary N) is 1. The predicted octanol–water partition coefficient (Wildman–Crippen LogP) is 3.23. The molecule has 1 fully saturated rings. The second kappa shape index (κ2) is 6.67. The molecule has 0 spiro atoms. The van der Waals surface area contributed by atoms with Crippen molar-refractivity contribution in [2.75, 3.05) is 0 Å². The summed E-state index contributed by atoms with van der Waals surface area (Å²) in [5.74, 6) is 0. The maximum absolute atomic E-state index is 12.0. The lowest BCUT2D eigenvalue weighted by Crippen LogP contribution is -2.48. The second-order valence-electron chi connectivity index (χ2n) is 8.02. The van der Waals surface area contributed by atoms with Gasteiger partial charge in [0, 0.05) is 11.4 Å². The maximum atomic E-state index is 12.0. The molecule has 3 rings (SSSR count). The third-order valence-electron chi connectivity index (χ3n) is 4.54. The van der Waals surface area contributed by atoms with E-state index < -0.39 is 17.3 Å². The van der Waals surface area contributed by atoms with Crippen molar-refractivity contribution in [2.24, 2.45) is 0 Å². The maximum Gasteiger partial charge on any atom is 0.407 e. The zero-order valence-corrected chi connectivity index (χ0v) is 15.2. The van der Waals surface area contributed by atoms with Gasteiger partial charge in [-0.25, -0.2) is 4.79 Å². The van der Waals surface area contributed by atoms with Crippen LogP contribution in [0.4, 0.5) is 4.79 Å². The molecule has 6 heteroatoms. The quantitative estimate of drug-likeness (QED) is 0.895. The molecule has 25 heavy (non-hydrogen) atoms. The summed E-state index contributed by atoms with van der Waals surface area (Å²) in [5.41, 5.74) is -0.395. The number of amides is 1. The minimum atomic E-state index is -0.882. The Balaban J connectivity index is 1.66. The SMILES string of the molecule is CC(C)(C)OC(=O)N[C@@H]1CCC[C@](O)(Cn2ncc3ccccc32)C1. The fourth-order valence-corrected chi connectivity index (χ4v) is 3.51. The molecule has 1 aliphatic rings. The largest absolute Gasteiger partial charge is 0.444 e.